The lowest BCUT2D eigenvalue weighted by molar-refractivity contribution is -0.384. The van der Waals surface area contributed by atoms with Crippen molar-refractivity contribution in [3.8, 4) is 0 Å². The van der Waals surface area contributed by atoms with Crippen molar-refractivity contribution in [2.24, 2.45) is 0 Å². The lowest BCUT2D eigenvalue weighted by atomic mass is 10.0. The van der Waals surface area contributed by atoms with Gasteiger partial charge in [0.25, 0.3) is 5.69 Å². The van der Waals surface area contributed by atoms with E-state index < -0.39 is 4.92 Å². The lowest BCUT2D eigenvalue weighted by Crippen LogP contribution is -2.04. The third-order valence-electron chi connectivity index (χ3n) is 3.45. The van der Waals surface area contributed by atoms with E-state index in [1.54, 1.807) is 12.1 Å². The summed E-state index contributed by atoms with van der Waals surface area (Å²) in [5.41, 5.74) is 2.72. The minimum absolute atomic E-state index is 0.0512. The first-order valence-electron chi connectivity index (χ1n) is 6.96. The van der Waals surface area contributed by atoms with E-state index in [1.165, 1.54) is 12.1 Å². The number of carbonyl (C=O) groups is 1. The molecule has 0 aromatic heterocycles. The smallest absolute Gasteiger partial charge is 0.269 e. The Morgan fingerprint density at radius 3 is 2.64 bits per heavy atom. The molecule has 0 aliphatic rings. The van der Waals surface area contributed by atoms with E-state index in [4.69, 9.17) is 11.6 Å². The van der Waals surface area contributed by atoms with Crippen LogP contribution in [-0.2, 0) is 17.6 Å². The SMILES string of the molecule is Cc1ccc(CC(=O)CCc2cccc([N+](=O)[O-])c2)cc1Cl. The second-order valence-corrected chi connectivity index (χ2v) is 5.63. The highest BCUT2D eigenvalue weighted by molar-refractivity contribution is 6.31. The van der Waals surface area contributed by atoms with Crippen molar-refractivity contribution in [1.82, 2.24) is 0 Å². The first kappa shape index (κ1) is 16.2. The Bertz CT molecular complexity index is 713. The van der Waals surface area contributed by atoms with Crippen molar-refractivity contribution in [3.63, 3.8) is 0 Å². The molecule has 4 nitrogen and oxygen atoms in total. The molecule has 114 valence electrons. The summed E-state index contributed by atoms with van der Waals surface area (Å²) in [6.45, 7) is 1.91. The number of rotatable bonds is 6. The van der Waals surface area contributed by atoms with Crippen LogP contribution in [0.2, 0.25) is 5.02 Å². The molecule has 0 amide bonds. The van der Waals surface area contributed by atoms with Gasteiger partial charge in [-0.25, -0.2) is 0 Å². The third-order valence-corrected chi connectivity index (χ3v) is 3.86. The highest BCUT2D eigenvalue weighted by atomic mass is 35.5. The van der Waals surface area contributed by atoms with Gasteiger partial charge in [-0.1, -0.05) is 35.9 Å². The van der Waals surface area contributed by atoms with Crippen LogP contribution in [0.3, 0.4) is 0 Å². The largest absolute Gasteiger partial charge is 0.299 e. The van der Waals surface area contributed by atoms with Gasteiger partial charge in [0.05, 0.1) is 4.92 Å². The number of non-ortho nitro benzene ring substituents is 1. The topological polar surface area (TPSA) is 60.2 Å². The molecule has 2 rings (SSSR count). The standard InChI is InChI=1S/C17H16ClNO3/c1-12-5-6-14(11-17(12)18)10-16(20)8-7-13-3-2-4-15(9-13)19(21)22/h2-6,9,11H,7-8,10H2,1H3. The Morgan fingerprint density at radius 2 is 1.95 bits per heavy atom. The number of carbonyl (C=O) groups excluding carboxylic acids is 1. The van der Waals surface area contributed by atoms with Gasteiger partial charge in [0, 0.05) is 30.0 Å². The highest BCUT2D eigenvalue weighted by Gasteiger charge is 2.09. The Balaban J connectivity index is 1.94. The number of aryl methyl sites for hydroxylation is 2. The molecule has 0 bridgehead atoms. The number of ketones is 1. The van der Waals surface area contributed by atoms with Gasteiger partial charge in [0.15, 0.2) is 0 Å². The molecule has 0 saturated carbocycles. The summed E-state index contributed by atoms with van der Waals surface area (Å²) in [5.74, 6) is 0.0893. The summed E-state index contributed by atoms with van der Waals surface area (Å²) >= 11 is 6.04. The number of benzene rings is 2. The predicted octanol–water partition coefficient (Wildman–Crippen LogP) is 4.30. The Kier molecular flexibility index (Phi) is 5.28. The second-order valence-electron chi connectivity index (χ2n) is 5.23. The van der Waals surface area contributed by atoms with Crippen LogP contribution in [-0.4, -0.2) is 10.7 Å². The van der Waals surface area contributed by atoms with Crippen LogP contribution in [0.5, 0.6) is 0 Å². The summed E-state index contributed by atoms with van der Waals surface area (Å²) in [5, 5.41) is 11.4. The summed E-state index contributed by atoms with van der Waals surface area (Å²) in [4.78, 5) is 22.3. The van der Waals surface area contributed by atoms with Crippen molar-refractivity contribution >= 4 is 23.1 Å². The Labute approximate surface area is 133 Å². The summed E-state index contributed by atoms with van der Waals surface area (Å²) < 4.78 is 0. The van der Waals surface area contributed by atoms with E-state index in [2.05, 4.69) is 0 Å². The van der Waals surface area contributed by atoms with Crippen molar-refractivity contribution < 1.29 is 9.72 Å². The zero-order chi connectivity index (χ0) is 16.1. The number of hydrogen-bond donors (Lipinski definition) is 0. The summed E-state index contributed by atoms with van der Waals surface area (Å²) in [6.07, 6.45) is 1.18. The fraction of sp³-hybridized carbons (Fsp3) is 0.235. The number of halogens is 1. The molecule has 0 N–H and O–H groups in total. The molecule has 0 heterocycles. The van der Waals surface area contributed by atoms with E-state index in [9.17, 15) is 14.9 Å². The molecule has 0 aliphatic heterocycles. The van der Waals surface area contributed by atoms with Gasteiger partial charge in [0.1, 0.15) is 5.78 Å². The minimum atomic E-state index is -0.431. The summed E-state index contributed by atoms with van der Waals surface area (Å²) in [7, 11) is 0. The van der Waals surface area contributed by atoms with E-state index in [1.807, 2.05) is 25.1 Å². The fourth-order valence-corrected chi connectivity index (χ4v) is 2.37. The van der Waals surface area contributed by atoms with Gasteiger partial charge in [-0.2, -0.15) is 0 Å². The van der Waals surface area contributed by atoms with Gasteiger partial charge >= 0.3 is 0 Å². The van der Waals surface area contributed by atoms with Crippen LogP contribution in [0.15, 0.2) is 42.5 Å². The maximum Gasteiger partial charge on any atom is 0.269 e. The number of nitro benzene ring substituents is 1. The monoisotopic (exact) mass is 317 g/mol. The quantitative estimate of drug-likeness (QED) is 0.589. The van der Waals surface area contributed by atoms with E-state index >= 15 is 0 Å². The average molecular weight is 318 g/mol. The molecule has 2 aromatic carbocycles. The number of hydrogen-bond acceptors (Lipinski definition) is 3. The zero-order valence-electron chi connectivity index (χ0n) is 12.2. The molecular formula is C17H16ClNO3. The van der Waals surface area contributed by atoms with Gasteiger partial charge in [-0.05, 0) is 36.1 Å². The van der Waals surface area contributed by atoms with E-state index in [0.717, 1.165) is 16.7 Å². The molecule has 0 spiro atoms. The molecule has 0 unspecified atom stereocenters. The molecule has 2 aromatic rings. The maximum atomic E-state index is 12.0. The lowest BCUT2D eigenvalue weighted by Gasteiger charge is -2.04. The maximum absolute atomic E-state index is 12.0. The molecule has 22 heavy (non-hydrogen) atoms. The molecule has 5 heteroatoms. The van der Waals surface area contributed by atoms with Crippen LogP contribution in [0.25, 0.3) is 0 Å². The second kappa shape index (κ2) is 7.18. The van der Waals surface area contributed by atoms with Crippen molar-refractivity contribution in [2.45, 2.75) is 26.2 Å². The third kappa shape index (κ3) is 4.40. The molecule has 0 saturated heterocycles. The van der Waals surface area contributed by atoms with Crippen LogP contribution in [0, 0.1) is 17.0 Å². The minimum Gasteiger partial charge on any atom is -0.299 e. The normalized spacial score (nSPS) is 10.5. The Morgan fingerprint density at radius 1 is 1.18 bits per heavy atom. The van der Waals surface area contributed by atoms with Crippen LogP contribution < -0.4 is 0 Å². The number of nitro groups is 1. The zero-order valence-corrected chi connectivity index (χ0v) is 13.0. The van der Waals surface area contributed by atoms with Gasteiger partial charge in [0.2, 0.25) is 0 Å². The van der Waals surface area contributed by atoms with Crippen LogP contribution >= 0.6 is 11.6 Å². The Hall–Kier alpha value is -2.20. The predicted molar refractivity (Wildman–Crippen MR) is 86.3 cm³/mol. The van der Waals surface area contributed by atoms with Crippen LogP contribution in [0.4, 0.5) is 5.69 Å². The van der Waals surface area contributed by atoms with Crippen molar-refractivity contribution in [1.29, 1.82) is 0 Å². The fourth-order valence-electron chi connectivity index (χ4n) is 2.17. The number of Topliss-reactive ketones (excluding diaryl/α,β-unsaturated/α-hetero) is 1. The first-order chi connectivity index (χ1) is 10.5. The van der Waals surface area contributed by atoms with E-state index in [0.29, 0.717) is 24.3 Å². The average Bonchev–Trinajstić information content (AvgIpc) is 2.49. The first-order valence-corrected chi connectivity index (χ1v) is 7.33. The van der Waals surface area contributed by atoms with Crippen molar-refractivity contribution in [2.75, 3.05) is 0 Å². The van der Waals surface area contributed by atoms with Gasteiger partial charge in [-0.15, -0.1) is 0 Å². The number of nitrogens with zero attached hydrogens (tertiary/aromatic N) is 1. The molecule has 0 radical (unpaired) electrons. The van der Waals surface area contributed by atoms with E-state index in [-0.39, 0.29) is 11.5 Å². The molecule has 0 atom stereocenters. The van der Waals surface area contributed by atoms with Gasteiger partial charge < -0.3 is 0 Å². The molecular weight excluding hydrogens is 302 g/mol. The molecule has 0 fully saturated rings. The van der Waals surface area contributed by atoms with Crippen LogP contribution in [0.1, 0.15) is 23.1 Å². The highest BCUT2D eigenvalue weighted by Crippen LogP contribution is 2.18. The molecule has 0 aliphatic carbocycles. The summed E-state index contributed by atoms with van der Waals surface area (Å²) in [6, 6.07) is 12.0. The van der Waals surface area contributed by atoms with Crippen molar-refractivity contribution in [3.05, 3.63) is 74.3 Å². The van der Waals surface area contributed by atoms with Gasteiger partial charge in [-0.3, -0.25) is 14.9 Å².